The summed E-state index contributed by atoms with van der Waals surface area (Å²) < 4.78 is 0. The quantitative estimate of drug-likeness (QED) is 0.930. The molecule has 1 aromatic carbocycles. The smallest absolute Gasteiger partial charge is 0.223 e. The zero-order valence-corrected chi connectivity index (χ0v) is 11.7. The number of carbonyl (C=O) groups is 1. The van der Waals surface area contributed by atoms with Crippen molar-refractivity contribution < 1.29 is 4.79 Å². The number of aromatic amines is 1. The first-order valence-corrected chi connectivity index (χ1v) is 6.99. The predicted octanol–water partition coefficient (Wildman–Crippen LogP) is 2.49. The molecule has 1 N–H and O–H groups in total. The van der Waals surface area contributed by atoms with Gasteiger partial charge in [-0.2, -0.15) is 0 Å². The van der Waals surface area contributed by atoms with E-state index in [1.54, 1.807) is 12.4 Å². The Hall–Kier alpha value is -2.10. The van der Waals surface area contributed by atoms with Crippen LogP contribution >= 0.6 is 0 Å². The average Bonchev–Trinajstić information content (AvgIpc) is 2.97. The van der Waals surface area contributed by atoms with E-state index in [9.17, 15) is 4.79 Å². The van der Waals surface area contributed by atoms with Crippen molar-refractivity contribution in [3.8, 4) is 0 Å². The van der Waals surface area contributed by atoms with Crippen molar-refractivity contribution in [2.24, 2.45) is 0 Å². The number of hydrogen-bond donors (Lipinski definition) is 1. The van der Waals surface area contributed by atoms with Crippen LogP contribution in [0.3, 0.4) is 0 Å². The number of nitrogens with one attached hydrogen (secondary N) is 1. The standard InChI is InChI=1S/C16H19N3O/c1-16(13-5-3-2-4-6-13)8-7-15(20)19(12-16)11-14-17-9-10-18-14/h2-6,9-10H,7-8,11-12H2,1H3,(H,17,18)/t16-/m0/s1. The lowest BCUT2D eigenvalue weighted by molar-refractivity contribution is -0.136. The number of aromatic nitrogens is 2. The van der Waals surface area contributed by atoms with Crippen LogP contribution in [0.1, 0.15) is 31.2 Å². The number of H-pyrrole nitrogens is 1. The van der Waals surface area contributed by atoms with E-state index in [0.29, 0.717) is 13.0 Å². The van der Waals surface area contributed by atoms with Crippen LogP contribution in [0, 0.1) is 0 Å². The predicted molar refractivity (Wildman–Crippen MR) is 77.0 cm³/mol. The Labute approximate surface area is 118 Å². The molecule has 1 amide bonds. The van der Waals surface area contributed by atoms with E-state index in [2.05, 4.69) is 41.2 Å². The molecule has 20 heavy (non-hydrogen) atoms. The highest BCUT2D eigenvalue weighted by Crippen LogP contribution is 2.34. The summed E-state index contributed by atoms with van der Waals surface area (Å²) in [7, 11) is 0. The molecule has 2 heterocycles. The lowest BCUT2D eigenvalue weighted by Crippen LogP contribution is -2.47. The summed E-state index contributed by atoms with van der Waals surface area (Å²) in [5, 5.41) is 0. The van der Waals surface area contributed by atoms with Gasteiger partial charge in [0.1, 0.15) is 5.82 Å². The Morgan fingerprint density at radius 3 is 2.85 bits per heavy atom. The first-order valence-electron chi connectivity index (χ1n) is 6.99. The third-order valence-electron chi connectivity index (χ3n) is 4.15. The molecule has 1 saturated heterocycles. The zero-order valence-electron chi connectivity index (χ0n) is 11.7. The molecule has 1 aliphatic rings. The summed E-state index contributed by atoms with van der Waals surface area (Å²) >= 11 is 0. The van der Waals surface area contributed by atoms with Crippen molar-refractivity contribution in [2.45, 2.75) is 31.7 Å². The minimum absolute atomic E-state index is 0.0295. The van der Waals surface area contributed by atoms with Gasteiger partial charge in [-0.3, -0.25) is 4.79 Å². The molecule has 2 aromatic rings. The third-order valence-corrected chi connectivity index (χ3v) is 4.15. The van der Waals surface area contributed by atoms with Crippen LogP contribution in [0.2, 0.25) is 0 Å². The van der Waals surface area contributed by atoms with Crippen LogP contribution in [-0.4, -0.2) is 27.3 Å². The Balaban J connectivity index is 1.80. The van der Waals surface area contributed by atoms with Crippen LogP contribution in [0.15, 0.2) is 42.7 Å². The van der Waals surface area contributed by atoms with E-state index in [1.165, 1.54) is 5.56 Å². The topological polar surface area (TPSA) is 49.0 Å². The minimum atomic E-state index is 0.0295. The van der Waals surface area contributed by atoms with Crippen molar-refractivity contribution >= 4 is 5.91 Å². The highest BCUT2D eigenvalue weighted by Gasteiger charge is 2.36. The molecular formula is C16H19N3O. The molecule has 1 atom stereocenters. The number of likely N-dealkylation sites (tertiary alicyclic amines) is 1. The first-order chi connectivity index (χ1) is 9.67. The lowest BCUT2D eigenvalue weighted by atomic mass is 9.76. The second kappa shape index (κ2) is 5.12. The minimum Gasteiger partial charge on any atom is -0.347 e. The summed E-state index contributed by atoms with van der Waals surface area (Å²) in [6, 6.07) is 10.5. The fraction of sp³-hybridized carbons (Fsp3) is 0.375. The molecule has 1 aliphatic heterocycles. The molecule has 0 aliphatic carbocycles. The number of hydrogen-bond acceptors (Lipinski definition) is 2. The summed E-state index contributed by atoms with van der Waals surface area (Å²) in [5.41, 5.74) is 1.33. The number of amides is 1. The van der Waals surface area contributed by atoms with E-state index >= 15 is 0 Å². The van der Waals surface area contributed by atoms with E-state index in [4.69, 9.17) is 0 Å². The second-order valence-corrected chi connectivity index (χ2v) is 5.71. The summed E-state index contributed by atoms with van der Waals surface area (Å²) in [4.78, 5) is 21.3. The molecule has 1 aromatic heterocycles. The number of benzene rings is 1. The Morgan fingerprint density at radius 1 is 1.35 bits per heavy atom. The third kappa shape index (κ3) is 2.46. The van der Waals surface area contributed by atoms with Gasteiger partial charge in [0.15, 0.2) is 0 Å². The van der Waals surface area contributed by atoms with Gasteiger partial charge in [0.05, 0.1) is 6.54 Å². The van der Waals surface area contributed by atoms with Crippen molar-refractivity contribution in [1.29, 1.82) is 0 Å². The van der Waals surface area contributed by atoms with E-state index in [-0.39, 0.29) is 11.3 Å². The first kappa shape index (κ1) is 12.9. The van der Waals surface area contributed by atoms with Crippen molar-refractivity contribution in [3.63, 3.8) is 0 Å². The highest BCUT2D eigenvalue weighted by atomic mass is 16.2. The van der Waals surface area contributed by atoms with E-state index in [0.717, 1.165) is 18.8 Å². The van der Waals surface area contributed by atoms with Gasteiger partial charge in [-0.1, -0.05) is 37.3 Å². The monoisotopic (exact) mass is 269 g/mol. The fourth-order valence-corrected chi connectivity index (χ4v) is 2.91. The number of rotatable bonds is 3. The molecule has 0 saturated carbocycles. The van der Waals surface area contributed by atoms with E-state index in [1.807, 2.05) is 11.0 Å². The molecule has 3 rings (SSSR count). The van der Waals surface area contributed by atoms with Crippen LogP contribution in [0.4, 0.5) is 0 Å². The Morgan fingerprint density at radius 2 is 2.15 bits per heavy atom. The van der Waals surface area contributed by atoms with Gasteiger partial charge in [-0.25, -0.2) is 4.98 Å². The van der Waals surface area contributed by atoms with Crippen molar-refractivity contribution in [3.05, 3.63) is 54.1 Å². The maximum atomic E-state index is 12.1. The van der Waals surface area contributed by atoms with Gasteiger partial charge in [0.25, 0.3) is 0 Å². The molecule has 104 valence electrons. The highest BCUT2D eigenvalue weighted by molar-refractivity contribution is 5.77. The van der Waals surface area contributed by atoms with Crippen molar-refractivity contribution in [1.82, 2.24) is 14.9 Å². The van der Waals surface area contributed by atoms with Gasteiger partial charge in [-0.05, 0) is 12.0 Å². The number of piperidine rings is 1. The van der Waals surface area contributed by atoms with Gasteiger partial charge in [0, 0.05) is 30.8 Å². The molecule has 0 unspecified atom stereocenters. The molecule has 4 nitrogen and oxygen atoms in total. The number of nitrogens with zero attached hydrogens (tertiary/aromatic N) is 2. The van der Waals surface area contributed by atoms with Crippen molar-refractivity contribution in [2.75, 3.05) is 6.54 Å². The van der Waals surface area contributed by atoms with Gasteiger partial charge < -0.3 is 9.88 Å². The lowest BCUT2D eigenvalue weighted by Gasteiger charge is -2.40. The zero-order chi connectivity index (χ0) is 14.0. The summed E-state index contributed by atoms with van der Waals surface area (Å²) in [6.45, 7) is 3.55. The molecule has 0 spiro atoms. The molecular weight excluding hydrogens is 250 g/mol. The second-order valence-electron chi connectivity index (χ2n) is 5.71. The van der Waals surface area contributed by atoms with Crippen LogP contribution in [0.5, 0.6) is 0 Å². The number of carbonyl (C=O) groups excluding carboxylic acids is 1. The van der Waals surface area contributed by atoms with Crippen LogP contribution < -0.4 is 0 Å². The largest absolute Gasteiger partial charge is 0.347 e. The molecule has 0 radical (unpaired) electrons. The Kier molecular flexibility index (Phi) is 3.30. The van der Waals surface area contributed by atoms with Crippen LogP contribution in [-0.2, 0) is 16.8 Å². The normalized spacial score (nSPS) is 23.1. The van der Waals surface area contributed by atoms with Crippen LogP contribution in [0.25, 0.3) is 0 Å². The molecule has 0 bridgehead atoms. The molecule has 4 heteroatoms. The van der Waals surface area contributed by atoms with Gasteiger partial charge >= 0.3 is 0 Å². The van der Waals surface area contributed by atoms with E-state index < -0.39 is 0 Å². The SMILES string of the molecule is C[C@]1(c2ccccc2)CCC(=O)N(Cc2ncc[nH]2)C1. The maximum Gasteiger partial charge on any atom is 0.223 e. The number of imidazole rings is 1. The fourth-order valence-electron chi connectivity index (χ4n) is 2.91. The maximum absolute atomic E-state index is 12.1. The van der Waals surface area contributed by atoms with Gasteiger partial charge in [0.2, 0.25) is 5.91 Å². The summed E-state index contributed by atoms with van der Waals surface area (Å²) in [6.07, 6.45) is 5.02. The van der Waals surface area contributed by atoms with Gasteiger partial charge in [-0.15, -0.1) is 0 Å². The average molecular weight is 269 g/mol. The Bertz CT molecular complexity index is 579. The summed E-state index contributed by atoms with van der Waals surface area (Å²) in [5.74, 6) is 1.06. The molecule has 1 fully saturated rings.